The number of urea groups is 1. The van der Waals surface area contributed by atoms with Gasteiger partial charge in [0.1, 0.15) is 5.82 Å². The molecule has 2 aromatic rings. The number of rotatable bonds is 5. The van der Waals surface area contributed by atoms with Crippen LogP contribution in [-0.2, 0) is 13.1 Å². The number of benzene rings is 1. The van der Waals surface area contributed by atoms with E-state index in [1.54, 1.807) is 24.5 Å². The Balaban J connectivity index is 1.61. The molecular formula is C17H18FN3O. The average molecular weight is 299 g/mol. The molecule has 0 spiro atoms. The zero-order valence-corrected chi connectivity index (χ0v) is 12.2. The fraction of sp³-hybridized carbons (Fsp3) is 0.294. The molecule has 1 aromatic carbocycles. The van der Waals surface area contributed by atoms with Gasteiger partial charge in [-0.2, -0.15) is 0 Å². The first-order chi connectivity index (χ1) is 10.7. The Kier molecular flexibility index (Phi) is 4.32. The molecule has 0 radical (unpaired) electrons. The maximum absolute atomic E-state index is 13.0. The SMILES string of the molecule is O=C(NCc1cccnc1)N(Cc1ccc(F)cc1)C1CC1. The normalized spacial score (nSPS) is 13.7. The van der Waals surface area contributed by atoms with Gasteiger partial charge in [0.15, 0.2) is 0 Å². The molecule has 4 nitrogen and oxygen atoms in total. The molecule has 0 atom stereocenters. The van der Waals surface area contributed by atoms with Crippen LogP contribution in [0.25, 0.3) is 0 Å². The van der Waals surface area contributed by atoms with Crippen molar-refractivity contribution in [3.63, 3.8) is 0 Å². The van der Waals surface area contributed by atoms with Crippen LogP contribution in [0.4, 0.5) is 9.18 Å². The van der Waals surface area contributed by atoms with Crippen molar-refractivity contribution in [1.82, 2.24) is 15.2 Å². The van der Waals surface area contributed by atoms with E-state index in [0.717, 1.165) is 24.0 Å². The third-order valence-corrected chi connectivity index (χ3v) is 3.68. The van der Waals surface area contributed by atoms with E-state index in [1.165, 1.54) is 12.1 Å². The van der Waals surface area contributed by atoms with Gasteiger partial charge in [-0.3, -0.25) is 4.98 Å². The van der Waals surface area contributed by atoms with Crippen molar-refractivity contribution in [2.45, 2.75) is 32.0 Å². The Morgan fingerprint density at radius 2 is 2.00 bits per heavy atom. The summed E-state index contributed by atoms with van der Waals surface area (Å²) in [6.45, 7) is 0.961. The first-order valence-corrected chi connectivity index (χ1v) is 7.40. The number of halogens is 1. The summed E-state index contributed by atoms with van der Waals surface area (Å²) in [5, 5.41) is 2.92. The third kappa shape index (κ3) is 3.81. The molecule has 3 rings (SSSR count). The van der Waals surface area contributed by atoms with Gasteiger partial charge >= 0.3 is 6.03 Å². The minimum absolute atomic E-state index is 0.0873. The largest absolute Gasteiger partial charge is 0.334 e. The van der Waals surface area contributed by atoms with Gasteiger partial charge in [-0.1, -0.05) is 18.2 Å². The lowest BCUT2D eigenvalue weighted by Gasteiger charge is -2.23. The van der Waals surface area contributed by atoms with Gasteiger partial charge < -0.3 is 10.2 Å². The number of carbonyl (C=O) groups is 1. The molecule has 2 amide bonds. The average Bonchev–Trinajstić information content (AvgIpc) is 3.38. The van der Waals surface area contributed by atoms with Crippen LogP contribution in [0.2, 0.25) is 0 Å². The Hall–Kier alpha value is -2.43. The smallest absolute Gasteiger partial charge is 0.318 e. The second kappa shape index (κ2) is 6.56. The number of hydrogen-bond acceptors (Lipinski definition) is 2. The number of nitrogens with zero attached hydrogens (tertiary/aromatic N) is 2. The Morgan fingerprint density at radius 1 is 1.23 bits per heavy atom. The molecule has 1 heterocycles. The highest BCUT2D eigenvalue weighted by Crippen LogP contribution is 2.28. The molecule has 0 unspecified atom stereocenters. The van der Waals surface area contributed by atoms with E-state index in [2.05, 4.69) is 10.3 Å². The zero-order valence-electron chi connectivity index (χ0n) is 12.2. The first kappa shape index (κ1) is 14.5. The van der Waals surface area contributed by atoms with E-state index >= 15 is 0 Å². The Morgan fingerprint density at radius 3 is 2.64 bits per heavy atom. The lowest BCUT2D eigenvalue weighted by Crippen LogP contribution is -2.40. The van der Waals surface area contributed by atoms with Crippen molar-refractivity contribution >= 4 is 6.03 Å². The maximum atomic E-state index is 13.0. The zero-order chi connectivity index (χ0) is 15.4. The topological polar surface area (TPSA) is 45.2 Å². The number of nitrogens with one attached hydrogen (secondary N) is 1. The summed E-state index contributed by atoms with van der Waals surface area (Å²) < 4.78 is 13.0. The van der Waals surface area contributed by atoms with E-state index in [1.807, 2.05) is 17.0 Å². The fourth-order valence-corrected chi connectivity index (χ4v) is 2.32. The highest BCUT2D eigenvalue weighted by Gasteiger charge is 2.32. The number of hydrogen-bond donors (Lipinski definition) is 1. The first-order valence-electron chi connectivity index (χ1n) is 7.40. The Bertz CT molecular complexity index is 626. The second-order valence-electron chi connectivity index (χ2n) is 5.51. The van der Waals surface area contributed by atoms with Crippen molar-refractivity contribution < 1.29 is 9.18 Å². The molecule has 1 aromatic heterocycles. The fourth-order valence-electron chi connectivity index (χ4n) is 2.32. The molecule has 1 fully saturated rings. The number of carbonyl (C=O) groups excluding carboxylic acids is 1. The molecule has 1 N–H and O–H groups in total. The van der Waals surface area contributed by atoms with E-state index in [0.29, 0.717) is 19.1 Å². The predicted octanol–water partition coefficient (Wildman–Crippen LogP) is 3.09. The van der Waals surface area contributed by atoms with Crippen LogP contribution in [0.15, 0.2) is 48.8 Å². The van der Waals surface area contributed by atoms with Crippen molar-refractivity contribution in [2.75, 3.05) is 0 Å². The van der Waals surface area contributed by atoms with Crippen molar-refractivity contribution in [3.05, 3.63) is 65.7 Å². The Labute approximate surface area is 129 Å². The molecule has 1 saturated carbocycles. The summed E-state index contributed by atoms with van der Waals surface area (Å²) in [5.41, 5.74) is 1.90. The van der Waals surface area contributed by atoms with Crippen LogP contribution < -0.4 is 5.32 Å². The molecule has 0 bridgehead atoms. The molecule has 5 heteroatoms. The molecule has 22 heavy (non-hydrogen) atoms. The van der Waals surface area contributed by atoms with Gasteiger partial charge in [-0.15, -0.1) is 0 Å². The van der Waals surface area contributed by atoms with Crippen molar-refractivity contribution in [3.8, 4) is 0 Å². The van der Waals surface area contributed by atoms with Crippen LogP contribution in [0.5, 0.6) is 0 Å². The molecular weight excluding hydrogens is 281 g/mol. The molecule has 0 saturated heterocycles. The third-order valence-electron chi connectivity index (χ3n) is 3.68. The summed E-state index contributed by atoms with van der Waals surface area (Å²) in [6.07, 6.45) is 5.50. The minimum Gasteiger partial charge on any atom is -0.334 e. The quantitative estimate of drug-likeness (QED) is 0.922. The summed E-state index contributed by atoms with van der Waals surface area (Å²) in [7, 11) is 0. The minimum atomic E-state index is -0.261. The van der Waals surface area contributed by atoms with Gasteiger partial charge in [-0.05, 0) is 42.2 Å². The summed E-state index contributed by atoms with van der Waals surface area (Å²) in [6, 6.07) is 10.3. The number of amides is 2. The van der Waals surface area contributed by atoms with E-state index in [4.69, 9.17) is 0 Å². The second-order valence-corrected chi connectivity index (χ2v) is 5.51. The van der Waals surface area contributed by atoms with E-state index in [9.17, 15) is 9.18 Å². The molecule has 1 aliphatic rings. The summed E-state index contributed by atoms with van der Waals surface area (Å²) in [4.78, 5) is 18.2. The van der Waals surface area contributed by atoms with Crippen molar-refractivity contribution in [1.29, 1.82) is 0 Å². The lowest BCUT2D eigenvalue weighted by molar-refractivity contribution is 0.191. The molecule has 0 aliphatic heterocycles. The van der Waals surface area contributed by atoms with Crippen molar-refractivity contribution in [2.24, 2.45) is 0 Å². The lowest BCUT2D eigenvalue weighted by atomic mass is 10.2. The van der Waals surface area contributed by atoms with E-state index < -0.39 is 0 Å². The van der Waals surface area contributed by atoms with Crippen LogP contribution in [0, 0.1) is 5.82 Å². The highest BCUT2D eigenvalue weighted by molar-refractivity contribution is 5.75. The summed E-state index contributed by atoms with van der Waals surface area (Å²) in [5.74, 6) is -0.261. The van der Waals surface area contributed by atoms with Gasteiger partial charge in [-0.25, -0.2) is 9.18 Å². The number of pyridine rings is 1. The van der Waals surface area contributed by atoms with Gasteiger partial charge in [0.2, 0.25) is 0 Å². The molecule has 1 aliphatic carbocycles. The van der Waals surface area contributed by atoms with Crippen LogP contribution in [0.1, 0.15) is 24.0 Å². The number of aromatic nitrogens is 1. The standard InChI is InChI=1S/C17H18FN3O/c18-15-5-3-13(4-6-15)12-21(16-7-8-16)17(22)20-11-14-2-1-9-19-10-14/h1-6,9-10,16H,7-8,11-12H2,(H,20,22). The monoisotopic (exact) mass is 299 g/mol. The summed E-state index contributed by atoms with van der Waals surface area (Å²) >= 11 is 0. The highest BCUT2D eigenvalue weighted by atomic mass is 19.1. The molecule has 114 valence electrons. The van der Waals surface area contributed by atoms with Crippen LogP contribution >= 0.6 is 0 Å². The van der Waals surface area contributed by atoms with Crippen LogP contribution in [-0.4, -0.2) is 22.0 Å². The van der Waals surface area contributed by atoms with Crippen LogP contribution in [0.3, 0.4) is 0 Å². The van der Waals surface area contributed by atoms with Gasteiger partial charge in [0, 0.05) is 31.5 Å². The maximum Gasteiger partial charge on any atom is 0.318 e. The van der Waals surface area contributed by atoms with Gasteiger partial charge in [0.05, 0.1) is 0 Å². The van der Waals surface area contributed by atoms with Gasteiger partial charge in [0.25, 0.3) is 0 Å². The predicted molar refractivity (Wildman–Crippen MR) is 81.4 cm³/mol. The van der Waals surface area contributed by atoms with E-state index in [-0.39, 0.29) is 11.8 Å².